The SMILES string of the molecule is CC/C=C\C/C=C\C/C=C\C/C=C\C/C=C\CCCC(=O)OC(COC(=O)CCCCCCCCC)COC(=O)CCCCCCCCCCCCCCCCCCCCCCCCCCCCC. The van der Waals surface area contributed by atoms with E-state index in [1.807, 2.05) is 0 Å². The van der Waals surface area contributed by atoms with E-state index in [4.69, 9.17) is 14.2 Å². The van der Waals surface area contributed by atoms with E-state index in [0.717, 1.165) is 77.0 Å². The minimum Gasteiger partial charge on any atom is -0.462 e. The molecule has 0 spiro atoms. The van der Waals surface area contributed by atoms with Gasteiger partial charge in [0.05, 0.1) is 0 Å². The summed E-state index contributed by atoms with van der Waals surface area (Å²) < 4.78 is 16.7. The Labute approximate surface area is 428 Å². The van der Waals surface area contributed by atoms with Gasteiger partial charge in [-0.1, -0.05) is 287 Å². The normalized spacial score (nSPS) is 12.4. The van der Waals surface area contributed by atoms with Crippen LogP contribution >= 0.6 is 0 Å². The van der Waals surface area contributed by atoms with Gasteiger partial charge in [0.1, 0.15) is 13.2 Å². The van der Waals surface area contributed by atoms with Gasteiger partial charge in [-0.15, -0.1) is 0 Å². The quantitative estimate of drug-likeness (QED) is 0.0262. The van der Waals surface area contributed by atoms with Gasteiger partial charge in [-0.2, -0.15) is 0 Å². The fourth-order valence-electron chi connectivity index (χ4n) is 8.60. The van der Waals surface area contributed by atoms with E-state index < -0.39 is 6.10 Å². The van der Waals surface area contributed by atoms with Crippen molar-refractivity contribution in [1.82, 2.24) is 0 Å². The summed E-state index contributed by atoms with van der Waals surface area (Å²) in [6.45, 7) is 6.47. The van der Waals surface area contributed by atoms with Crippen LogP contribution in [-0.2, 0) is 28.6 Å². The van der Waals surface area contributed by atoms with Crippen LogP contribution in [0.4, 0.5) is 0 Å². The van der Waals surface area contributed by atoms with Gasteiger partial charge < -0.3 is 14.2 Å². The summed E-state index contributed by atoms with van der Waals surface area (Å²) >= 11 is 0. The lowest BCUT2D eigenvalue weighted by Gasteiger charge is -2.18. The highest BCUT2D eigenvalue weighted by atomic mass is 16.6. The van der Waals surface area contributed by atoms with Crippen molar-refractivity contribution in [1.29, 1.82) is 0 Å². The molecule has 69 heavy (non-hydrogen) atoms. The number of rotatable bonds is 54. The first-order chi connectivity index (χ1) is 34.0. The topological polar surface area (TPSA) is 78.9 Å². The van der Waals surface area contributed by atoms with Crippen molar-refractivity contribution in [2.75, 3.05) is 13.2 Å². The molecule has 0 aromatic heterocycles. The van der Waals surface area contributed by atoms with Crippen molar-refractivity contribution in [2.24, 2.45) is 0 Å². The van der Waals surface area contributed by atoms with Crippen LogP contribution in [0, 0.1) is 0 Å². The Balaban J connectivity index is 4.13. The summed E-state index contributed by atoms with van der Waals surface area (Å²) in [7, 11) is 0. The zero-order valence-electron chi connectivity index (χ0n) is 45.8. The van der Waals surface area contributed by atoms with Gasteiger partial charge >= 0.3 is 17.9 Å². The second kappa shape index (κ2) is 57.7. The Morgan fingerprint density at radius 1 is 0.304 bits per heavy atom. The maximum Gasteiger partial charge on any atom is 0.306 e. The van der Waals surface area contributed by atoms with Crippen LogP contribution in [0.1, 0.15) is 303 Å². The van der Waals surface area contributed by atoms with Gasteiger partial charge in [0.25, 0.3) is 0 Å². The fraction of sp³-hybridized carbons (Fsp3) is 0.794. The molecule has 0 aliphatic rings. The summed E-state index contributed by atoms with van der Waals surface area (Å²) in [5.41, 5.74) is 0. The van der Waals surface area contributed by atoms with Crippen molar-refractivity contribution < 1.29 is 28.6 Å². The van der Waals surface area contributed by atoms with Crippen LogP contribution in [0.2, 0.25) is 0 Å². The van der Waals surface area contributed by atoms with E-state index >= 15 is 0 Å². The molecule has 0 aliphatic heterocycles. The smallest absolute Gasteiger partial charge is 0.306 e. The molecule has 0 aromatic rings. The second-order valence-corrected chi connectivity index (χ2v) is 19.9. The second-order valence-electron chi connectivity index (χ2n) is 19.9. The molecule has 400 valence electrons. The van der Waals surface area contributed by atoms with Crippen molar-refractivity contribution in [3.63, 3.8) is 0 Å². The van der Waals surface area contributed by atoms with E-state index in [0.29, 0.717) is 19.3 Å². The molecule has 6 heteroatoms. The average molecular weight is 966 g/mol. The molecule has 0 saturated carbocycles. The maximum absolute atomic E-state index is 12.8. The van der Waals surface area contributed by atoms with E-state index in [1.54, 1.807) is 0 Å². The highest BCUT2D eigenvalue weighted by Crippen LogP contribution is 2.17. The van der Waals surface area contributed by atoms with E-state index in [2.05, 4.69) is 81.5 Å². The molecular formula is C63H112O6. The summed E-state index contributed by atoms with van der Waals surface area (Å²) in [5, 5.41) is 0. The van der Waals surface area contributed by atoms with Gasteiger partial charge in [-0.05, 0) is 57.8 Å². The Bertz CT molecular complexity index is 1250. The molecule has 0 saturated heterocycles. The first-order valence-electron chi connectivity index (χ1n) is 29.8. The first kappa shape index (κ1) is 66.1. The average Bonchev–Trinajstić information content (AvgIpc) is 3.35. The highest BCUT2D eigenvalue weighted by Gasteiger charge is 2.19. The monoisotopic (exact) mass is 965 g/mol. The lowest BCUT2D eigenvalue weighted by molar-refractivity contribution is -0.167. The molecule has 1 atom stereocenters. The number of hydrogen-bond donors (Lipinski definition) is 0. The zero-order valence-corrected chi connectivity index (χ0v) is 45.8. The highest BCUT2D eigenvalue weighted by molar-refractivity contribution is 5.71. The van der Waals surface area contributed by atoms with Crippen LogP contribution < -0.4 is 0 Å². The molecule has 0 aromatic carbocycles. The third-order valence-electron chi connectivity index (χ3n) is 13.0. The van der Waals surface area contributed by atoms with Crippen molar-refractivity contribution in [3.8, 4) is 0 Å². The summed E-state index contributed by atoms with van der Waals surface area (Å²) in [4.78, 5) is 37.9. The molecule has 0 rings (SSSR count). The largest absolute Gasteiger partial charge is 0.462 e. The van der Waals surface area contributed by atoms with Crippen molar-refractivity contribution >= 4 is 17.9 Å². The molecular weight excluding hydrogens is 853 g/mol. The Morgan fingerprint density at radius 2 is 0.565 bits per heavy atom. The molecule has 1 unspecified atom stereocenters. The van der Waals surface area contributed by atoms with Crippen LogP contribution in [0.3, 0.4) is 0 Å². The Kier molecular flexibility index (Phi) is 55.3. The fourth-order valence-corrected chi connectivity index (χ4v) is 8.60. The van der Waals surface area contributed by atoms with Gasteiger partial charge in [-0.3, -0.25) is 14.4 Å². The number of esters is 3. The molecule has 0 N–H and O–H groups in total. The number of hydrogen-bond acceptors (Lipinski definition) is 6. The van der Waals surface area contributed by atoms with Gasteiger partial charge in [0.2, 0.25) is 0 Å². The lowest BCUT2D eigenvalue weighted by atomic mass is 10.0. The van der Waals surface area contributed by atoms with Gasteiger partial charge in [0.15, 0.2) is 6.10 Å². The van der Waals surface area contributed by atoms with E-state index in [9.17, 15) is 14.4 Å². The van der Waals surface area contributed by atoms with Crippen molar-refractivity contribution in [2.45, 2.75) is 309 Å². The zero-order chi connectivity index (χ0) is 50.0. The first-order valence-corrected chi connectivity index (χ1v) is 29.8. The van der Waals surface area contributed by atoms with Crippen LogP contribution in [0.5, 0.6) is 0 Å². The number of carbonyl (C=O) groups is 3. The van der Waals surface area contributed by atoms with E-state index in [1.165, 1.54) is 180 Å². The standard InChI is InChI=1S/C63H112O6/c1-4-7-10-13-16-18-20-22-24-26-27-28-29-30-31-32-33-34-35-37-38-40-42-44-47-50-53-56-62(65)68-59-60(58-67-61(64)55-52-49-46-15-12-9-6-3)69-63(66)57-54-51-48-45-43-41-39-36-25-23-21-19-17-14-11-8-5-2/h8,11,17,19,23,25,39,41,45,48,60H,4-7,9-10,12-16,18,20-22,24,26-38,40,42-44,46-47,49-59H2,1-3H3/b11-8-,19-17-,25-23-,41-39-,48-45-. The Hall–Kier alpha value is -2.89. The molecule has 6 nitrogen and oxygen atoms in total. The minimum atomic E-state index is -0.799. The molecule has 0 aliphatic carbocycles. The van der Waals surface area contributed by atoms with E-state index in [-0.39, 0.29) is 37.5 Å². The summed E-state index contributed by atoms with van der Waals surface area (Å²) in [5.74, 6) is -0.949. The van der Waals surface area contributed by atoms with Crippen molar-refractivity contribution in [3.05, 3.63) is 60.8 Å². The van der Waals surface area contributed by atoms with Gasteiger partial charge in [-0.25, -0.2) is 0 Å². The predicted molar refractivity (Wildman–Crippen MR) is 298 cm³/mol. The lowest BCUT2D eigenvalue weighted by Crippen LogP contribution is -2.30. The maximum atomic E-state index is 12.8. The number of ether oxygens (including phenoxy) is 3. The van der Waals surface area contributed by atoms with Crippen LogP contribution in [-0.4, -0.2) is 37.2 Å². The molecule has 0 bridgehead atoms. The predicted octanol–water partition coefficient (Wildman–Crippen LogP) is 20.0. The third kappa shape index (κ3) is 55.9. The number of unbranched alkanes of at least 4 members (excludes halogenated alkanes) is 33. The molecule has 0 fully saturated rings. The minimum absolute atomic E-state index is 0.0937. The van der Waals surface area contributed by atoms with Gasteiger partial charge in [0, 0.05) is 19.3 Å². The number of carbonyl (C=O) groups excluding carboxylic acids is 3. The Morgan fingerprint density at radius 3 is 0.870 bits per heavy atom. The molecule has 0 radical (unpaired) electrons. The van der Waals surface area contributed by atoms with Crippen LogP contribution in [0.15, 0.2) is 60.8 Å². The summed E-state index contributed by atoms with van der Waals surface area (Å²) in [6.07, 6.45) is 72.7. The summed E-state index contributed by atoms with van der Waals surface area (Å²) in [6, 6.07) is 0. The number of allylic oxidation sites excluding steroid dienone is 10. The van der Waals surface area contributed by atoms with Crippen LogP contribution in [0.25, 0.3) is 0 Å². The third-order valence-corrected chi connectivity index (χ3v) is 13.0. The molecule has 0 heterocycles. The molecule has 0 amide bonds.